The van der Waals surface area contributed by atoms with E-state index in [2.05, 4.69) is 50.3 Å². The molecule has 2 heterocycles. The topological polar surface area (TPSA) is 50.4 Å². The first-order valence-corrected chi connectivity index (χ1v) is 7.11. The molecule has 2 aromatic rings. The van der Waals surface area contributed by atoms with Gasteiger partial charge < -0.3 is 14.8 Å². The number of aliphatic imine (C=N–C) groups is 1. The van der Waals surface area contributed by atoms with Gasteiger partial charge in [0.2, 0.25) is 0 Å². The molecule has 0 aliphatic rings. The molecular formula is C15H25IN6. The second kappa shape index (κ2) is 8.82. The molecule has 0 unspecified atom stereocenters. The first kappa shape index (κ1) is 18.5. The van der Waals surface area contributed by atoms with Crippen LogP contribution in [0.5, 0.6) is 0 Å². The summed E-state index contributed by atoms with van der Waals surface area (Å²) in [5.74, 6) is 0.889. The second-order valence-electron chi connectivity index (χ2n) is 5.22. The third-order valence-electron chi connectivity index (χ3n) is 3.41. The van der Waals surface area contributed by atoms with Crippen LogP contribution in [-0.4, -0.2) is 45.8 Å². The van der Waals surface area contributed by atoms with E-state index in [9.17, 15) is 0 Å². The van der Waals surface area contributed by atoms with Crippen LogP contribution in [0.15, 0.2) is 35.7 Å². The van der Waals surface area contributed by atoms with Crippen LogP contribution in [0.3, 0.4) is 0 Å². The average molecular weight is 416 g/mol. The summed E-state index contributed by atoms with van der Waals surface area (Å²) in [4.78, 5) is 6.44. The van der Waals surface area contributed by atoms with E-state index in [1.54, 1.807) is 0 Å². The molecule has 122 valence electrons. The third-order valence-corrected chi connectivity index (χ3v) is 3.41. The van der Waals surface area contributed by atoms with Gasteiger partial charge >= 0.3 is 0 Å². The van der Waals surface area contributed by atoms with Gasteiger partial charge in [-0.1, -0.05) is 0 Å². The fourth-order valence-corrected chi connectivity index (χ4v) is 2.23. The largest absolute Gasteiger partial charge is 0.354 e. The predicted molar refractivity (Wildman–Crippen MR) is 101 cm³/mol. The molecule has 0 atom stereocenters. The molecule has 0 radical (unpaired) electrons. The third kappa shape index (κ3) is 5.04. The van der Waals surface area contributed by atoms with Gasteiger partial charge in [0, 0.05) is 45.8 Å². The fourth-order valence-electron chi connectivity index (χ4n) is 2.23. The van der Waals surface area contributed by atoms with Crippen LogP contribution in [0.2, 0.25) is 0 Å². The van der Waals surface area contributed by atoms with Crippen LogP contribution < -0.4 is 5.32 Å². The molecule has 0 bridgehead atoms. The molecule has 22 heavy (non-hydrogen) atoms. The highest BCUT2D eigenvalue weighted by atomic mass is 127. The molecule has 2 aromatic heterocycles. The van der Waals surface area contributed by atoms with Gasteiger partial charge in [-0.25, -0.2) is 0 Å². The Kier molecular flexibility index (Phi) is 7.43. The zero-order chi connectivity index (χ0) is 15.2. The molecule has 1 N–H and O–H groups in total. The van der Waals surface area contributed by atoms with E-state index in [1.165, 1.54) is 11.3 Å². The minimum Gasteiger partial charge on any atom is -0.354 e. The quantitative estimate of drug-likeness (QED) is 0.460. The number of nitrogens with zero attached hydrogens (tertiary/aromatic N) is 5. The lowest BCUT2D eigenvalue weighted by molar-refractivity contribution is 0.457. The van der Waals surface area contributed by atoms with Crippen molar-refractivity contribution in [1.82, 2.24) is 24.6 Å². The van der Waals surface area contributed by atoms with Crippen LogP contribution in [0.25, 0.3) is 0 Å². The van der Waals surface area contributed by atoms with Gasteiger partial charge in [-0.15, -0.1) is 24.0 Å². The first-order chi connectivity index (χ1) is 10.1. The summed E-state index contributed by atoms with van der Waals surface area (Å²) in [7, 11) is 5.90. The smallest absolute Gasteiger partial charge is 0.193 e. The lowest BCUT2D eigenvalue weighted by atomic mass is 10.4. The minimum atomic E-state index is 0. The first-order valence-electron chi connectivity index (χ1n) is 7.11. The van der Waals surface area contributed by atoms with Crippen molar-refractivity contribution in [3.63, 3.8) is 0 Å². The minimum absolute atomic E-state index is 0. The van der Waals surface area contributed by atoms with E-state index in [0.717, 1.165) is 25.6 Å². The summed E-state index contributed by atoms with van der Waals surface area (Å²) in [6.45, 7) is 4.49. The SMILES string of the molecule is CN=C(NCCn1cc(C)cn1)N(C)Cc1cccn1C.I. The van der Waals surface area contributed by atoms with Gasteiger partial charge in [0.25, 0.3) is 0 Å². The number of aromatic nitrogens is 3. The molecule has 0 aromatic carbocycles. The molecule has 6 nitrogen and oxygen atoms in total. The molecular weight excluding hydrogens is 391 g/mol. The fraction of sp³-hybridized carbons (Fsp3) is 0.467. The highest BCUT2D eigenvalue weighted by molar-refractivity contribution is 14.0. The van der Waals surface area contributed by atoms with Crippen molar-refractivity contribution in [3.8, 4) is 0 Å². The number of aryl methyl sites for hydroxylation is 2. The standard InChI is InChI=1S/C15H24N6.HI/c1-13-10-18-21(11-13)9-7-17-15(16-2)20(4)12-14-6-5-8-19(14)3;/h5-6,8,10-11H,7,9,12H2,1-4H3,(H,16,17);1H. The van der Waals surface area contributed by atoms with Crippen molar-refractivity contribution in [2.45, 2.75) is 20.0 Å². The van der Waals surface area contributed by atoms with Crippen molar-refractivity contribution in [1.29, 1.82) is 0 Å². The Hall–Kier alpha value is -1.51. The maximum absolute atomic E-state index is 4.33. The summed E-state index contributed by atoms with van der Waals surface area (Å²) in [6.07, 6.45) is 5.97. The second-order valence-corrected chi connectivity index (χ2v) is 5.22. The van der Waals surface area contributed by atoms with Crippen molar-refractivity contribution in [3.05, 3.63) is 42.0 Å². The Bertz CT molecular complexity index is 601. The molecule has 0 fully saturated rings. The van der Waals surface area contributed by atoms with Gasteiger partial charge in [0.1, 0.15) is 0 Å². The lowest BCUT2D eigenvalue weighted by Crippen LogP contribution is -2.40. The Morgan fingerprint density at radius 1 is 1.45 bits per heavy atom. The number of hydrogen-bond acceptors (Lipinski definition) is 2. The highest BCUT2D eigenvalue weighted by Crippen LogP contribution is 2.03. The van der Waals surface area contributed by atoms with Gasteiger partial charge in [-0.05, 0) is 24.6 Å². The molecule has 0 spiro atoms. The molecule has 7 heteroatoms. The summed E-state index contributed by atoms with van der Waals surface area (Å²) in [6, 6.07) is 4.18. The van der Waals surface area contributed by atoms with Crippen molar-refractivity contribution >= 4 is 29.9 Å². The average Bonchev–Trinajstić information content (AvgIpc) is 3.04. The van der Waals surface area contributed by atoms with Crippen molar-refractivity contribution in [2.75, 3.05) is 20.6 Å². The number of guanidine groups is 1. The monoisotopic (exact) mass is 416 g/mol. The normalized spacial score (nSPS) is 11.2. The van der Waals surface area contributed by atoms with Gasteiger partial charge in [0.15, 0.2) is 5.96 Å². The summed E-state index contributed by atoms with van der Waals surface area (Å²) in [5, 5.41) is 7.64. The number of halogens is 1. The van der Waals surface area contributed by atoms with E-state index in [4.69, 9.17) is 0 Å². The van der Waals surface area contributed by atoms with Gasteiger partial charge in [-0.3, -0.25) is 9.67 Å². The Balaban J connectivity index is 0.00000242. The lowest BCUT2D eigenvalue weighted by Gasteiger charge is -2.22. The molecule has 0 aliphatic heterocycles. The van der Waals surface area contributed by atoms with Crippen LogP contribution in [0, 0.1) is 6.92 Å². The van der Waals surface area contributed by atoms with Gasteiger partial charge in [-0.2, -0.15) is 5.10 Å². The van der Waals surface area contributed by atoms with E-state index in [0.29, 0.717) is 0 Å². The van der Waals surface area contributed by atoms with Crippen LogP contribution in [0.4, 0.5) is 0 Å². The molecule has 2 rings (SSSR count). The zero-order valence-electron chi connectivity index (χ0n) is 13.7. The maximum atomic E-state index is 4.33. The van der Waals surface area contributed by atoms with Crippen molar-refractivity contribution in [2.24, 2.45) is 12.0 Å². The molecule has 0 aliphatic carbocycles. The Morgan fingerprint density at radius 2 is 2.23 bits per heavy atom. The maximum Gasteiger partial charge on any atom is 0.193 e. The number of nitrogens with one attached hydrogen (secondary N) is 1. The number of rotatable bonds is 5. The van der Waals surface area contributed by atoms with Crippen LogP contribution in [-0.2, 0) is 20.1 Å². The zero-order valence-corrected chi connectivity index (χ0v) is 16.0. The highest BCUT2D eigenvalue weighted by Gasteiger charge is 2.07. The van der Waals surface area contributed by atoms with Crippen LogP contribution >= 0.6 is 24.0 Å². The summed E-state index contributed by atoms with van der Waals surface area (Å²) < 4.78 is 4.06. The summed E-state index contributed by atoms with van der Waals surface area (Å²) in [5.41, 5.74) is 2.43. The van der Waals surface area contributed by atoms with E-state index in [1.807, 2.05) is 38.1 Å². The molecule has 0 saturated heterocycles. The van der Waals surface area contributed by atoms with E-state index < -0.39 is 0 Å². The summed E-state index contributed by atoms with van der Waals surface area (Å²) >= 11 is 0. The van der Waals surface area contributed by atoms with Crippen molar-refractivity contribution < 1.29 is 0 Å². The molecule has 0 saturated carbocycles. The molecule has 0 amide bonds. The Morgan fingerprint density at radius 3 is 2.77 bits per heavy atom. The van der Waals surface area contributed by atoms with Gasteiger partial charge in [0.05, 0.1) is 19.3 Å². The van der Waals surface area contributed by atoms with E-state index >= 15 is 0 Å². The van der Waals surface area contributed by atoms with Crippen LogP contribution in [0.1, 0.15) is 11.3 Å². The Labute approximate surface area is 149 Å². The predicted octanol–water partition coefficient (Wildman–Crippen LogP) is 1.86. The van der Waals surface area contributed by atoms with E-state index in [-0.39, 0.29) is 24.0 Å². The number of hydrogen-bond donors (Lipinski definition) is 1.